The maximum atomic E-state index is 12.7. The Morgan fingerprint density at radius 3 is 2.76 bits per heavy atom. The van der Waals surface area contributed by atoms with Gasteiger partial charge < -0.3 is 9.72 Å². The Labute approximate surface area is 101 Å². The van der Waals surface area contributed by atoms with Crippen molar-refractivity contribution in [2.45, 2.75) is 19.8 Å². The Morgan fingerprint density at radius 1 is 1.59 bits per heavy atom. The van der Waals surface area contributed by atoms with Gasteiger partial charge in [-0.1, -0.05) is 11.6 Å². The Bertz CT molecular complexity index is 473. The minimum atomic E-state index is -2.92. The summed E-state index contributed by atoms with van der Waals surface area (Å²) < 4.78 is 30.1. The fourth-order valence-electron chi connectivity index (χ4n) is 1.31. The van der Waals surface area contributed by atoms with Gasteiger partial charge in [0.05, 0.1) is 13.0 Å². The van der Waals surface area contributed by atoms with Crippen LogP contribution in [0.3, 0.4) is 0 Å². The minimum Gasteiger partial charge on any atom is -0.466 e. The second-order valence-corrected chi connectivity index (χ2v) is 3.53. The number of esters is 1. The van der Waals surface area contributed by atoms with Crippen LogP contribution in [-0.4, -0.2) is 17.6 Å². The van der Waals surface area contributed by atoms with E-state index in [9.17, 15) is 18.4 Å². The van der Waals surface area contributed by atoms with Crippen LogP contribution in [0.2, 0.25) is 5.02 Å². The molecule has 0 fully saturated rings. The number of H-pyrrole nitrogens is 1. The van der Waals surface area contributed by atoms with E-state index in [0.29, 0.717) is 0 Å². The fourth-order valence-corrected chi connectivity index (χ4v) is 1.57. The van der Waals surface area contributed by atoms with Gasteiger partial charge in [-0.25, -0.2) is 8.78 Å². The zero-order valence-electron chi connectivity index (χ0n) is 8.93. The molecule has 0 aliphatic carbocycles. The summed E-state index contributed by atoms with van der Waals surface area (Å²) in [5.74, 6) is -0.655. The number of hydrogen-bond acceptors (Lipinski definition) is 3. The smallest absolute Gasteiger partial charge is 0.310 e. The van der Waals surface area contributed by atoms with Gasteiger partial charge in [0, 0.05) is 11.8 Å². The van der Waals surface area contributed by atoms with Gasteiger partial charge in [0.25, 0.3) is 12.0 Å². The lowest BCUT2D eigenvalue weighted by Crippen LogP contribution is -2.15. The highest BCUT2D eigenvalue weighted by atomic mass is 35.5. The standard InChI is InChI=1S/C10H10ClF2NO3/c1-2-17-6(15)3-5-4-14-10(16)8(11)7(5)9(12)13/h4,9H,2-3H2,1H3,(H,14,16). The summed E-state index contributed by atoms with van der Waals surface area (Å²) in [6.45, 7) is 1.76. The molecule has 0 saturated heterocycles. The van der Waals surface area contributed by atoms with Gasteiger partial charge in [-0.05, 0) is 12.5 Å². The Morgan fingerprint density at radius 2 is 2.24 bits per heavy atom. The Balaban J connectivity index is 3.11. The predicted octanol–water partition coefficient (Wildman–Crippen LogP) is 2.07. The zero-order chi connectivity index (χ0) is 13.0. The molecule has 0 amide bonds. The summed E-state index contributed by atoms with van der Waals surface area (Å²) in [6, 6.07) is 0. The van der Waals surface area contributed by atoms with E-state index >= 15 is 0 Å². The molecular formula is C10H10ClF2NO3. The predicted molar refractivity (Wildman–Crippen MR) is 57.4 cm³/mol. The molecule has 0 bridgehead atoms. The number of carbonyl (C=O) groups is 1. The van der Waals surface area contributed by atoms with Crippen molar-refractivity contribution in [2.75, 3.05) is 6.61 Å². The molecule has 0 saturated carbocycles. The zero-order valence-corrected chi connectivity index (χ0v) is 9.68. The SMILES string of the molecule is CCOC(=O)Cc1c[nH]c(=O)c(Cl)c1C(F)F. The number of aromatic nitrogens is 1. The maximum Gasteiger partial charge on any atom is 0.310 e. The van der Waals surface area contributed by atoms with Crippen LogP contribution >= 0.6 is 11.6 Å². The molecule has 1 aromatic heterocycles. The molecule has 0 unspecified atom stereocenters. The first-order valence-corrected chi connectivity index (χ1v) is 5.18. The van der Waals surface area contributed by atoms with Crippen molar-refractivity contribution in [3.63, 3.8) is 0 Å². The van der Waals surface area contributed by atoms with Gasteiger partial charge >= 0.3 is 5.97 Å². The first-order chi connectivity index (χ1) is 7.97. The largest absolute Gasteiger partial charge is 0.466 e. The van der Waals surface area contributed by atoms with Gasteiger partial charge in [0.2, 0.25) is 0 Å². The summed E-state index contributed by atoms with van der Waals surface area (Å²) >= 11 is 5.48. The van der Waals surface area contributed by atoms with Crippen LogP contribution in [0.5, 0.6) is 0 Å². The van der Waals surface area contributed by atoms with Gasteiger partial charge in [-0.3, -0.25) is 9.59 Å². The van der Waals surface area contributed by atoms with E-state index in [1.54, 1.807) is 6.92 Å². The van der Waals surface area contributed by atoms with Crippen LogP contribution in [0.25, 0.3) is 0 Å². The van der Waals surface area contributed by atoms with E-state index < -0.39 is 28.5 Å². The maximum absolute atomic E-state index is 12.7. The van der Waals surface area contributed by atoms with Crippen molar-refractivity contribution in [1.82, 2.24) is 4.98 Å². The number of carbonyl (C=O) groups excluding carboxylic acids is 1. The lowest BCUT2D eigenvalue weighted by Gasteiger charge is -2.09. The molecule has 1 heterocycles. The number of nitrogens with one attached hydrogen (secondary N) is 1. The molecule has 17 heavy (non-hydrogen) atoms. The van der Waals surface area contributed by atoms with E-state index in [2.05, 4.69) is 9.72 Å². The molecule has 0 atom stereocenters. The third-order valence-corrected chi connectivity index (χ3v) is 2.39. The van der Waals surface area contributed by atoms with E-state index in [1.165, 1.54) is 0 Å². The van der Waals surface area contributed by atoms with Crippen LogP contribution in [0.4, 0.5) is 8.78 Å². The minimum absolute atomic E-state index is 0.0388. The molecule has 0 aliphatic heterocycles. The van der Waals surface area contributed by atoms with Gasteiger partial charge in [-0.15, -0.1) is 0 Å². The summed E-state index contributed by atoms with van der Waals surface area (Å²) in [6.07, 6.45) is -2.23. The molecule has 4 nitrogen and oxygen atoms in total. The summed E-state index contributed by atoms with van der Waals surface area (Å²) in [4.78, 5) is 24.4. The van der Waals surface area contributed by atoms with Crippen molar-refractivity contribution >= 4 is 17.6 Å². The van der Waals surface area contributed by atoms with Crippen LogP contribution in [0.15, 0.2) is 11.0 Å². The van der Waals surface area contributed by atoms with Gasteiger partial charge in [-0.2, -0.15) is 0 Å². The van der Waals surface area contributed by atoms with Crippen molar-refractivity contribution in [3.8, 4) is 0 Å². The summed E-state index contributed by atoms with van der Waals surface area (Å²) in [7, 11) is 0. The van der Waals surface area contributed by atoms with E-state index in [4.69, 9.17) is 11.6 Å². The Kier molecular flexibility index (Phi) is 4.62. The van der Waals surface area contributed by atoms with Crippen LogP contribution in [0.1, 0.15) is 24.5 Å². The second kappa shape index (κ2) is 5.77. The molecule has 1 aromatic rings. The number of halogens is 3. The molecule has 1 N–H and O–H groups in total. The average Bonchev–Trinajstić information content (AvgIpc) is 2.23. The lowest BCUT2D eigenvalue weighted by molar-refractivity contribution is -0.142. The highest BCUT2D eigenvalue weighted by molar-refractivity contribution is 6.31. The number of aromatic amines is 1. The van der Waals surface area contributed by atoms with E-state index in [0.717, 1.165) is 6.20 Å². The van der Waals surface area contributed by atoms with E-state index in [-0.39, 0.29) is 18.6 Å². The van der Waals surface area contributed by atoms with Gasteiger partial charge in [0.15, 0.2) is 0 Å². The van der Waals surface area contributed by atoms with Crippen LogP contribution < -0.4 is 5.56 Å². The monoisotopic (exact) mass is 265 g/mol. The molecule has 7 heteroatoms. The summed E-state index contributed by atoms with van der Waals surface area (Å²) in [5.41, 5.74) is -1.47. The lowest BCUT2D eigenvalue weighted by atomic mass is 10.1. The molecule has 0 aromatic carbocycles. The summed E-state index contributed by atoms with van der Waals surface area (Å²) in [5, 5.41) is -0.596. The number of ether oxygens (including phenoxy) is 1. The number of pyridine rings is 1. The van der Waals surface area contributed by atoms with Crippen molar-refractivity contribution in [2.24, 2.45) is 0 Å². The quantitative estimate of drug-likeness (QED) is 0.848. The topological polar surface area (TPSA) is 59.2 Å². The van der Waals surface area contributed by atoms with Gasteiger partial charge in [0.1, 0.15) is 5.02 Å². The second-order valence-electron chi connectivity index (χ2n) is 3.15. The first-order valence-electron chi connectivity index (χ1n) is 4.81. The molecule has 94 valence electrons. The number of alkyl halides is 2. The van der Waals surface area contributed by atoms with Crippen molar-refractivity contribution in [1.29, 1.82) is 0 Å². The first kappa shape index (κ1) is 13.6. The number of rotatable bonds is 4. The highest BCUT2D eigenvalue weighted by Crippen LogP contribution is 2.27. The normalized spacial score (nSPS) is 10.6. The molecule has 0 radical (unpaired) electrons. The third kappa shape index (κ3) is 3.26. The molecule has 1 rings (SSSR count). The highest BCUT2D eigenvalue weighted by Gasteiger charge is 2.21. The van der Waals surface area contributed by atoms with Crippen molar-refractivity contribution < 1.29 is 18.3 Å². The molecule has 0 aliphatic rings. The molecular weight excluding hydrogens is 256 g/mol. The van der Waals surface area contributed by atoms with Crippen LogP contribution in [-0.2, 0) is 16.0 Å². The van der Waals surface area contributed by atoms with E-state index in [1.807, 2.05) is 0 Å². The third-order valence-electron chi connectivity index (χ3n) is 2.02. The Hall–Kier alpha value is -1.43. The average molecular weight is 266 g/mol. The molecule has 0 spiro atoms. The van der Waals surface area contributed by atoms with Crippen LogP contribution in [0, 0.1) is 0 Å². The van der Waals surface area contributed by atoms with Crippen molar-refractivity contribution in [3.05, 3.63) is 32.7 Å². The fraction of sp³-hybridized carbons (Fsp3) is 0.400. The number of hydrogen-bond donors (Lipinski definition) is 1.